The first-order valence-corrected chi connectivity index (χ1v) is 9.85. The van der Waals surface area contributed by atoms with E-state index in [1.165, 1.54) is 4.90 Å². The van der Waals surface area contributed by atoms with Gasteiger partial charge in [0.25, 0.3) is 0 Å². The summed E-state index contributed by atoms with van der Waals surface area (Å²) in [4.78, 5) is 19.7. The predicted molar refractivity (Wildman–Crippen MR) is 115 cm³/mol. The lowest BCUT2D eigenvalue weighted by atomic mass is 10.1. The first-order valence-electron chi connectivity index (χ1n) is 9.04. The van der Waals surface area contributed by atoms with Crippen LogP contribution in [0.2, 0.25) is 0 Å². The molecule has 3 aromatic rings. The molecule has 140 valence electrons. The van der Waals surface area contributed by atoms with Crippen molar-refractivity contribution >= 4 is 23.4 Å². The smallest absolute Gasteiger partial charge is 0.313 e. The van der Waals surface area contributed by atoms with Crippen LogP contribution in [0.5, 0.6) is 0 Å². The fraction of sp³-hybridized carbons (Fsp3) is 0.0833. The number of benzene rings is 3. The molecule has 4 heteroatoms. The molecular weight excluding hydrogens is 366 g/mol. The molecule has 0 spiro atoms. The summed E-state index contributed by atoms with van der Waals surface area (Å²) in [7, 11) is 0. The number of carbonyl (C=O) groups is 1. The Labute approximate surface area is 169 Å². The van der Waals surface area contributed by atoms with Crippen molar-refractivity contribution in [1.82, 2.24) is 0 Å². The van der Waals surface area contributed by atoms with Gasteiger partial charge in [0.1, 0.15) is 0 Å². The summed E-state index contributed by atoms with van der Waals surface area (Å²) in [6, 6.07) is 27.2. The van der Waals surface area contributed by atoms with E-state index in [2.05, 4.69) is 36.0 Å². The Kier molecular flexibility index (Phi) is 7.21. The van der Waals surface area contributed by atoms with Crippen LogP contribution in [0.1, 0.15) is 28.8 Å². The second kappa shape index (κ2) is 10.3. The second-order valence-electron chi connectivity index (χ2n) is 6.05. The lowest BCUT2D eigenvalue weighted by molar-refractivity contribution is 0.0515. The van der Waals surface area contributed by atoms with Crippen molar-refractivity contribution in [2.45, 2.75) is 22.6 Å². The van der Waals surface area contributed by atoms with Crippen LogP contribution in [-0.4, -0.2) is 11.7 Å². The van der Waals surface area contributed by atoms with E-state index >= 15 is 0 Å². The summed E-state index contributed by atoms with van der Waals surface area (Å²) in [5.74, 6) is -0.465. The van der Waals surface area contributed by atoms with Gasteiger partial charge in [0, 0.05) is 9.79 Å². The van der Waals surface area contributed by atoms with Crippen LogP contribution in [0, 0.1) is 0 Å². The van der Waals surface area contributed by atoms with Crippen molar-refractivity contribution in [2.75, 3.05) is 0 Å². The monoisotopic (exact) mass is 387 g/mol. The molecule has 0 heterocycles. The lowest BCUT2D eigenvalue weighted by Crippen LogP contribution is -2.06. The highest BCUT2D eigenvalue weighted by atomic mass is 32.2. The molecule has 3 rings (SSSR count). The van der Waals surface area contributed by atoms with Crippen LogP contribution >= 0.6 is 11.8 Å². The lowest BCUT2D eigenvalue weighted by Gasteiger charge is -2.07. The molecular formula is C24H21NO2S. The SMILES string of the molecule is C=CCCC(=NOC(=O)c1ccccc1)c1ccc(Sc2ccccc2)cc1. The molecule has 0 unspecified atom stereocenters. The van der Waals surface area contributed by atoms with Gasteiger partial charge in [-0.3, -0.25) is 0 Å². The average Bonchev–Trinajstić information content (AvgIpc) is 2.76. The molecule has 3 nitrogen and oxygen atoms in total. The van der Waals surface area contributed by atoms with Gasteiger partial charge in [-0.05, 0) is 54.8 Å². The number of carbonyl (C=O) groups excluding carboxylic acids is 1. The number of oxime groups is 1. The summed E-state index contributed by atoms with van der Waals surface area (Å²) in [5, 5.41) is 4.13. The van der Waals surface area contributed by atoms with Gasteiger partial charge >= 0.3 is 5.97 Å². The number of hydrogen-bond acceptors (Lipinski definition) is 4. The maximum Gasteiger partial charge on any atom is 0.365 e. The molecule has 0 N–H and O–H groups in total. The third kappa shape index (κ3) is 5.69. The Hall–Kier alpha value is -3.11. The van der Waals surface area contributed by atoms with E-state index in [1.807, 2.05) is 42.5 Å². The first kappa shape index (κ1) is 19.6. The number of rotatable bonds is 8. The molecule has 0 aliphatic heterocycles. The van der Waals surface area contributed by atoms with E-state index in [4.69, 9.17) is 4.84 Å². The fourth-order valence-corrected chi connectivity index (χ4v) is 3.38. The summed E-state index contributed by atoms with van der Waals surface area (Å²) < 4.78 is 0. The van der Waals surface area contributed by atoms with Gasteiger partial charge in [0.05, 0.1) is 11.3 Å². The van der Waals surface area contributed by atoms with Crippen molar-refractivity contribution in [1.29, 1.82) is 0 Å². The Balaban J connectivity index is 1.73. The van der Waals surface area contributed by atoms with Gasteiger partial charge in [-0.1, -0.05) is 71.5 Å². The summed E-state index contributed by atoms with van der Waals surface area (Å²) in [5.41, 5.74) is 2.13. The Morgan fingerprint density at radius 2 is 1.46 bits per heavy atom. The highest BCUT2D eigenvalue weighted by Gasteiger charge is 2.09. The third-order valence-corrected chi connectivity index (χ3v) is 5.02. The normalized spacial score (nSPS) is 11.1. The topological polar surface area (TPSA) is 38.7 Å². The van der Waals surface area contributed by atoms with Gasteiger partial charge in [-0.15, -0.1) is 6.58 Å². The van der Waals surface area contributed by atoms with Crippen molar-refractivity contribution in [2.24, 2.45) is 5.16 Å². The highest BCUT2D eigenvalue weighted by molar-refractivity contribution is 7.99. The van der Waals surface area contributed by atoms with Crippen LogP contribution < -0.4 is 0 Å². The van der Waals surface area contributed by atoms with Gasteiger partial charge in [0.2, 0.25) is 0 Å². The van der Waals surface area contributed by atoms with Crippen molar-refractivity contribution in [3.05, 3.63) is 109 Å². The summed E-state index contributed by atoms with van der Waals surface area (Å²) >= 11 is 1.70. The van der Waals surface area contributed by atoms with Crippen molar-refractivity contribution in [3.63, 3.8) is 0 Å². The molecule has 0 aromatic heterocycles. The summed E-state index contributed by atoms with van der Waals surface area (Å²) in [6.45, 7) is 3.76. The van der Waals surface area contributed by atoms with E-state index in [0.717, 1.165) is 22.6 Å². The van der Waals surface area contributed by atoms with Crippen LogP contribution in [0.4, 0.5) is 0 Å². The minimum atomic E-state index is -0.465. The van der Waals surface area contributed by atoms with Gasteiger partial charge in [-0.25, -0.2) is 4.79 Å². The molecule has 0 amide bonds. The molecule has 0 bridgehead atoms. The minimum absolute atomic E-state index is 0.465. The zero-order chi connectivity index (χ0) is 19.6. The largest absolute Gasteiger partial charge is 0.365 e. The molecule has 0 aliphatic rings. The van der Waals surface area contributed by atoms with E-state index < -0.39 is 5.97 Å². The van der Waals surface area contributed by atoms with E-state index in [9.17, 15) is 4.79 Å². The van der Waals surface area contributed by atoms with Crippen LogP contribution in [0.25, 0.3) is 0 Å². The molecule has 0 atom stereocenters. The van der Waals surface area contributed by atoms with Crippen molar-refractivity contribution in [3.8, 4) is 0 Å². The van der Waals surface area contributed by atoms with E-state index in [1.54, 1.807) is 36.0 Å². The van der Waals surface area contributed by atoms with Gasteiger partial charge in [-0.2, -0.15) is 0 Å². The molecule has 0 saturated heterocycles. The second-order valence-corrected chi connectivity index (χ2v) is 7.20. The molecule has 0 radical (unpaired) electrons. The first-order chi connectivity index (χ1) is 13.8. The molecule has 28 heavy (non-hydrogen) atoms. The quantitative estimate of drug-likeness (QED) is 0.195. The standard InChI is InChI=1S/C24H21NO2S/c1-2-3-14-23(25-27-24(26)20-10-6-4-7-11-20)19-15-17-22(18-16-19)28-21-12-8-5-9-13-21/h2,4-13,15-18H,1,3,14H2. The Morgan fingerprint density at radius 3 is 2.11 bits per heavy atom. The van der Waals surface area contributed by atoms with Gasteiger partial charge < -0.3 is 4.84 Å². The fourth-order valence-electron chi connectivity index (χ4n) is 2.54. The maximum atomic E-state index is 12.2. The van der Waals surface area contributed by atoms with Crippen LogP contribution in [-0.2, 0) is 4.84 Å². The number of hydrogen-bond donors (Lipinski definition) is 0. The zero-order valence-electron chi connectivity index (χ0n) is 15.5. The number of nitrogens with zero attached hydrogens (tertiary/aromatic N) is 1. The van der Waals surface area contributed by atoms with E-state index in [0.29, 0.717) is 12.0 Å². The van der Waals surface area contributed by atoms with Crippen molar-refractivity contribution < 1.29 is 9.63 Å². The molecule has 0 fully saturated rings. The number of allylic oxidation sites excluding steroid dienone is 1. The highest BCUT2D eigenvalue weighted by Crippen LogP contribution is 2.27. The van der Waals surface area contributed by atoms with E-state index in [-0.39, 0.29) is 0 Å². The molecule has 0 aliphatic carbocycles. The Morgan fingerprint density at radius 1 is 0.857 bits per heavy atom. The van der Waals surface area contributed by atoms with Gasteiger partial charge in [0.15, 0.2) is 0 Å². The molecule has 3 aromatic carbocycles. The van der Waals surface area contributed by atoms with Crippen LogP contribution in [0.3, 0.4) is 0 Å². The average molecular weight is 388 g/mol. The third-order valence-electron chi connectivity index (χ3n) is 4.00. The zero-order valence-corrected chi connectivity index (χ0v) is 16.3. The Bertz CT molecular complexity index is 935. The summed E-state index contributed by atoms with van der Waals surface area (Å²) in [6.07, 6.45) is 3.23. The molecule has 0 saturated carbocycles. The predicted octanol–water partition coefficient (Wildman–Crippen LogP) is 6.37. The maximum absolute atomic E-state index is 12.2. The van der Waals surface area contributed by atoms with Crippen LogP contribution in [0.15, 0.2) is 113 Å². The minimum Gasteiger partial charge on any atom is -0.313 e.